The Morgan fingerprint density at radius 2 is 0.393 bits per heavy atom. The Morgan fingerprint density at radius 3 is 0.696 bits per heavy atom. The summed E-state index contributed by atoms with van der Waals surface area (Å²) in [6, 6.07) is 144. The second-order valence-electron chi connectivity index (χ2n) is 37.9. The van der Waals surface area contributed by atoms with Crippen LogP contribution in [0.3, 0.4) is 0 Å². The third-order valence-corrected chi connectivity index (χ3v) is 29.4. The van der Waals surface area contributed by atoms with Crippen molar-refractivity contribution >= 4 is 65.4 Å². The first-order valence-corrected chi connectivity index (χ1v) is 49.5. The quantitative estimate of drug-likeness (QED) is 0.0963. The maximum Gasteiger partial charge on any atom is 0.160 e. The van der Waals surface area contributed by atoms with Crippen LogP contribution in [0.1, 0.15) is 174 Å². The molecule has 4 fully saturated rings. The molecule has 0 N–H and O–H groups in total. The van der Waals surface area contributed by atoms with Gasteiger partial charge in [-0.05, 0) is 230 Å². The van der Waals surface area contributed by atoms with E-state index in [0.29, 0.717) is 23.7 Å². The van der Waals surface area contributed by atoms with Crippen LogP contribution in [0.25, 0.3) is 184 Å². The Balaban J connectivity index is 0.000000115. The molecule has 8 heteroatoms. The first-order valence-electron chi connectivity index (χ1n) is 49.5. The summed E-state index contributed by atoms with van der Waals surface area (Å²) in [7, 11) is 0. The Morgan fingerprint density at radius 1 is 0.156 bits per heavy atom. The van der Waals surface area contributed by atoms with Crippen molar-refractivity contribution in [3.8, 4) is 119 Å². The molecule has 0 aliphatic heterocycles. The normalized spacial score (nSPS) is 14.7. The SMILES string of the molecule is c1ccc(-c2cc(-c3cccc(-n4c5ccc(C6CCCCC6)cc5c5cc(C6CCCCC6)ccc54)c3)cc(-c3ccccc3)n2)cc1.c1ccc(-c2cc(-c3cccc(-n4c5ccc(C6CCCCC6)cc5c5cc(C6CCCCC6)ccc54)c3)nc(-c3ccccc3)n2)cc1.c1ccc(-c2cc(-c3cccc(-n4c5ccccc5c5ccccc54)c3)nc(-c3ccccc3)n2)cc1. The van der Waals surface area contributed by atoms with E-state index in [9.17, 15) is 0 Å². The van der Waals surface area contributed by atoms with Crippen molar-refractivity contribution in [3.05, 3.63) is 423 Å². The van der Waals surface area contributed by atoms with E-state index in [1.54, 1.807) is 0 Å². The molecule has 4 aliphatic carbocycles. The van der Waals surface area contributed by atoms with E-state index < -0.39 is 0 Å². The van der Waals surface area contributed by atoms with Crippen molar-refractivity contribution in [2.45, 2.75) is 152 Å². The van der Waals surface area contributed by atoms with Gasteiger partial charge in [0.15, 0.2) is 11.6 Å². The molecular weight excluding hydrogens is 1640 g/mol. The fourth-order valence-electron chi connectivity index (χ4n) is 22.4. The van der Waals surface area contributed by atoms with Crippen molar-refractivity contribution in [2.75, 3.05) is 0 Å². The molecule has 135 heavy (non-hydrogen) atoms. The summed E-state index contributed by atoms with van der Waals surface area (Å²) >= 11 is 0. The molecule has 0 atom stereocenters. The Kier molecular flexibility index (Phi) is 23.9. The van der Waals surface area contributed by atoms with Crippen molar-refractivity contribution in [2.24, 2.45) is 0 Å². The van der Waals surface area contributed by atoms with Crippen LogP contribution in [0, 0.1) is 0 Å². The number of hydrogen-bond acceptors (Lipinski definition) is 5. The Bertz CT molecular complexity index is 7100. The lowest BCUT2D eigenvalue weighted by Gasteiger charge is -2.22. The summed E-state index contributed by atoms with van der Waals surface area (Å²) in [4.78, 5) is 25.3. The first-order chi connectivity index (χ1) is 66.9. The van der Waals surface area contributed by atoms with Gasteiger partial charge in [-0.2, -0.15) is 0 Å². The number of hydrogen-bond donors (Lipinski definition) is 0. The maximum atomic E-state index is 5.15. The summed E-state index contributed by atoms with van der Waals surface area (Å²) in [5.41, 5.74) is 33.7. The van der Waals surface area contributed by atoms with Crippen molar-refractivity contribution < 1.29 is 0 Å². The number of pyridine rings is 1. The third kappa shape index (κ3) is 17.5. The van der Waals surface area contributed by atoms with Crippen LogP contribution in [0.15, 0.2) is 400 Å². The van der Waals surface area contributed by atoms with Crippen LogP contribution < -0.4 is 0 Å². The lowest BCUT2D eigenvalue weighted by molar-refractivity contribution is 0.444. The lowest BCUT2D eigenvalue weighted by atomic mass is 9.83. The van der Waals surface area contributed by atoms with E-state index in [2.05, 4.69) is 372 Å². The highest BCUT2D eigenvalue weighted by Gasteiger charge is 2.27. The molecule has 6 heterocycles. The number of aromatic nitrogens is 8. The number of rotatable bonds is 16. The zero-order chi connectivity index (χ0) is 89.8. The van der Waals surface area contributed by atoms with Gasteiger partial charge < -0.3 is 13.7 Å². The van der Waals surface area contributed by atoms with Gasteiger partial charge in [0.05, 0.1) is 67.3 Å². The topological polar surface area (TPSA) is 79.2 Å². The molecule has 4 saturated carbocycles. The van der Waals surface area contributed by atoms with Gasteiger partial charge in [-0.15, -0.1) is 0 Å². The smallest absolute Gasteiger partial charge is 0.160 e. The van der Waals surface area contributed by atoms with Crippen LogP contribution in [0.2, 0.25) is 0 Å². The molecule has 8 nitrogen and oxygen atoms in total. The molecule has 0 bridgehead atoms. The highest BCUT2D eigenvalue weighted by atomic mass is 15.0. The molecule has 21 aromatic rings. The van der Waals surface area contributed by atoms with E-state index in [1.165, 1.54) is 233 Å². The zero-order valence-corrected chi connectivity index (χ0v) is 76.6. The summed E-state index contributed by atoms with van der Waals surface area (Å²) in [5.74, 6) is 4.19. The summed E-state index contributed by atoms with van der Waals surface area (Å²) in [6.07, 6.45) is 26.9. The standard InChI is InChI=1S/C47H44N2.C46H43N3.C34H23N3/c1-5-14-33(15-6-1)38-24-26-46-42(29-38)43-30-39(34-16-7-2-8-17-34)25-27-47(43)49(46)41-23-13-22-37(28-41)40-31-44(35-18-9-3-10-19-35)48-45(32-40)36-20-11-4-12-21-36;1-5-14-32(15-6-1)36-24-26-44-40(29-36)41-30-37(33-16-7-2-8-17-33)25-27-45(41)49(44)39-23-13-22-38(28-39)43-31-42(34-18-9-3-10-19-34)47-46(48-43)35-20-11-4-12-21-35;1-3-12-24(13-4-1)30-23-31(36-34(35-30)25-14-5-2-6-15-25)26-16-11-17-27(22-26)37-32-20-9-7-18-28(32)29-19-8-10-21-33(29)37/h3-4,9-13,18-34H,1-2,5-8,14-17H2;3-4,9-13,18-33H,1-2,5-8,14-17H2;1-23H. The first kappa shape index (κ1) is 84.3. The Hall–Kier alpha value is -15.0. The molecule has 0 spiro atoms. The monoisotopic (exact) mass is 1750 g/mol. The van der Waals surface area contributed by atoms with E-state index >= 15 is 0 Å². The van der Waals surface area contributed by atoms with Crippen LogP contribution >= 0.6 is 0 Å². The third-order valence-electron chi connectivity index (χ3n) is 29.4. The Labute approximate surface area is 791 Å². The zero-order valence-electron chi connectivity index (χ0n) is 76.6. The predicted molar refractivity (Wildman–Crippen MR) is 564 cm³/mol. The van der Waals surface area contributed by atoms with Gasteiger partial charge in [-0.3, -0.25) is 0 Å². The molecule has 0 saturated heterocycles. The van der Waals surface area contributed by atoms with Crippen molar-refractivity contribution in [1.29, 1.82) is 0 Å². The molecule has 0 amide bonds. The minimum atomic E-state index is 0.678. The second kappa shape index (κ2) is 38.3. The number of fused-ring (bicyclic) bond motifs is 9. The number of nitrogens with zero attached hydrogens (tertiary/aromatic N) is 8. The number of benzene rings is 15. The maximum absolute atomic E-state index is 5.15. The van der Waals surface area contributed by atoms with Crippen molar-refractivity contribution in [3.63, 3.8) is 0 Å². The van der Waals surface area contributed by atoms with E-state index in [1.807, 2.05) is 42.5 Å². The highest BCUT2D eigenvalue weighted by molar-refractivity contribution is 6.12. The van der Waals surface area contributed by atoms with Crippen molar-refractivity contribution in [1.82, 2.24) is 38.6 Å². The lowest BCUT2D eigenvalue weighted by Crippen LogP contribution is -2.04. The van der Waals surface area contributed by atoms with E-state index in [0.717, 1.165) is 102 Å². The van der Waals surface area contributed by atoms with Crippen LogP contribution in [0.4, 0.5) is 0 Å². The molecule has 6 aromatic heterocycles. The van der Waals surface area contributed by atoms with Crippen LogP contribution in [0.5, 0.6) is 0 Å². The fraction of sp³-hybridized carbons (Fsp3) is 0.189. The number of para-hydroxylation sites is 2. The van der Waals surface area contributed by atoms with Gasteiger partial charge in [-0.25, -0.2) is 24.9 Å². The largest absolute Gasteiger partial charge is 0.309 e. The summed E-state index contributed by atoms with van der Waals surface area (Å²) in [6.45, 7) is 0. The van der Waals surface area contributed by atoms with Crippen LogP contribution in [-0.4, -0.2) is 38.6 Å². The van der Waals surface area contributed by atoms with E-state index in [4.69, 9.17) is 24.9 Å². The molecule has 15 aromatic carbocycles. The molecule has 25 rings (SSSR count). The molecule has 0 unspecified atom stereocenters. The molecule has 658 valence electrons. The average molecular weight is 1750 g/mol. The fourth-order valence-corrected chi connectivity index (χ4v) is 22.4. The summed E-state index contributed by atoms with van der Waals surface area (Å²) in [5, 5.41) is 8.10. The minimum absolute atomic E-state index is 0.678. The van der Waals surface area contributed by atoms with Gasteiger partial charge in [0.2, 0.25) is 0 Å². The van der Waals surface area contributed by atoms with Gasteiger partial charge in [0.1, 0.15) is 0 Å². The van der Waals surface area contributed by atoms with E-state index in [-0.39, 0.29) is 0 Å². The molecule has 0 radical (unpaired) electrons. The summed E-state index contributed by atoms with van der Waals surface area (Å²) < 4.78 is 7.34. The predicted octanol–water partition coefficient (Wildman–Crippen LogP) is 34.5. The minimum Gasteiger partial charge on any atom is -0.309 e. The second-order valence-corrected chi connectivity index (χ2v) is 37.9. The highest BCUT2D eigenvalue weighted by Crippen LogP contribution is 2.46. The van der Waals surface area contributed by atoms with Gasteiger partial charge >= 0.3 is 0 Å². The van der Waals surface area contributed by atoms with Crippen LogP contribution in [-0.2, 0) is 0 Å². The molecular formula is C127H110N8. The molecule has 4 aliphatic rings. The average Bonchev–Trinajstić information content (AvgIpc) is 1.59. The van der Waals surface area contributed by atoms with Gasteiger partial charge in [0, 0.05) is 93.9 Å². The van der Waals surface area contributed by atoms with Gasteiger partial charge in [-0.1, -0.05) is 356 Å². The van der Waals surface area contributed by atoms with Gasteiger partial charge in [0.25, 0.3) is 0 Å².